The molecule has 0 atom stereocenters. The molecule has 4 aromatic rings. The molecule has 0 radical (unpaired) electrons. The van der Waals surface area contributed by atoms with Gasteiger partial charge in [0.15, 0.2) is 23.0 Å². The molecule has 0 aliphatic heterocycles. The summed E-state index contributed by atoms with van der Waals surface area (Å²) in [4.78, 5) is 76.4. The summed E-state index contributed by atoms with van der Waals surface area (Å²) in [5.74, 6) is -4.94. The third-order valence-electron chi connectivity index (χ3n) is 10.0. The van der Waals surface area contributed by atoms with Crippen LogP contribution in [0, 0.1) is 0 Å². The van der Waals surface area contributed by atoms with Gasteiger partial charge in [0.05, 0.1) is 21.9 Å². The normalized spacial score (nSPS) is 11.0. The fraction of sp³-hybridized carbons (Fsp3) is 0.412. The van der Waals surface area contributed by atoms with Crippen molar-refractivity contribution >= 4 is 105 Å². The summed E-state index contributed by atoms with van der Waals surface area (Å²) < 4.78 is 45.8. The van der Waals surface area contributed by atoms with Gasteiger partial charge in [0.1, 0.15) is 37.9 Å². The van der Waals surface area contributed by atoms with E-state index in [2.05, 4.69) is 0 Å². The smallest absolute Gasteiger partial charge is 0.311 e. The first kappa shape index (κ1) is 58.6. The van der Waals surface area contributed by atoms with E-state index in [4.69, 9.17) is 108 Å². The van der Waals surface area contributed by atoms with Gasteiger partial charge in [0.25, 0.3) is 0 Å². The van der Waals surface area contributed by atoms with Crippen molar-refractivity contribution in [3.8, 4) is 34.5 Å². The molecule has 71 heavy (non-hydrogen) atoms. The van der Waals surface area contributed by atoms with Crippen LogP contribution in [0.2, 0.25) is 30.1 Å². The van der Waals surface area contributed by atoms with E-state index in [-0.39, 0.29) is 126 Å². The fourth-order valence-electron chi connectivity index (χ4n) is 6.46. The van der Waals surface area contributed by atoms with Crippen LogP contribution in [0.4, 0.5) is 0 Å². The Kier molecular flexibility index (Phi) is 24.9. The largest absolute Gasteiger partial charge is 0.465 e. The van der Waals surface area contributed by atoms with Crippen molar-refractivity contribution in [2.45, 2.75) is 110 Å². The molecule has 20 heteroatoms. The Morgan fingerprint density at radius 2 is 0.704 bits per heavy atom. The number of esters is 6. The van der Waals surface area contributed by atoms with Crippen LogP contribution in [-0.4, -0.2) is 62.2 Å². The molecule has 0 saturated heterocycles. The first-order valence-corrected chi connectivity index (χ1v) is 25.2. The van der Waals surface area contributed by atoms with Gasteiger partial charge in [0.2, 0.25) is 0 Å². The molecule has 4 rings (SSSR count). The van der Waals surface area contributed by atoms with Crippen LogP contribution >= 0.6 is 69.6 Å². The molecule has 0 heterocycles. The van der Waals surface area contributed by atoms with E-state index >= 15 is 0 Å². The summed E-state index contributed by atoms with van der Waals surface area (Å²) >= 11 is 38.8. The van der Waals surface area contributed by atoms with Gasteiger partial charge < -0.3 is 37.9 Å². The number of ether oxygens (including phenoxy) is 8. The molecular weight excluding hydrogens is 1050 g/mol. The maximum absolute atomic E-state index is 13.4. The van der Waals surface area contributed by atoms with E-state index in [9.17, 15) is 28.8 Å². The molecule has 14 nitrogen and oxygen atoms in total. The molecule has 0 fully saturated rings. The SMILES string of the molecule is CCCC(=O)OCC(COC(=O)CCC)c1cc(Oc2ccc(Cl)cc2Cl)c(OC(=O)CCCC(=O)Oc2cc(Cl)c(C(COC(=O)CCC)COC(=O)CCC)cc2Oc2ccc(Cl)cc2Cl)cc1Cl. The van der Waals surface area contributed by atoms with E-state index in [1.807, 2.05) is 27.7 Å². The maximum Gasteiger partial charge on any atom is 0.311 e. The number of rotatable bonds is 28. The average molecular weight is 1100 g/mol. The molecule has 0 N–H and O–H groups in total. The zero-order chi connectivity index (χ0) is 52.0. The monoisotopic (exact) mass is 1100 g/mol. The minimum Gasteiger partial charge on any atom is -0.465 e. The van der Waals surface area contributed by atoms with Crippen LogP contribution in [0.25, 0.3) is 0 Å². The number of halogens is 6. The van der Waals surface area contributed by atoms with Crippen LogP contribution in [0.3, 0.4) is 0 Å². The second kappa shape index (κ2) is 30.2. The van der Waals surface area contributed by atoms with Gasteiger partial charge in [-0.3, -0.25) is 28.8 Å². The van der Waals surface area contributed by atoms with Gasteiger partial charge in [-0.25, -0.2) is 0 Å². The van der Waals surface area contributed by atoms with E-state index < -0.39 is 47.7 Å². The highest BCUT2D eigenvalue weighted by Crippen LogP contribution is 2.44. The van der Waals surface area contributed by atoms with Crippen LogP contribution in [0.1, 0.15) is 121 Å². The Labute approximate surface area is 442 Å². The molecule has 4 aromatic carbocycles. The van der Waals surface area contributed by atoms with Crippen molar-refractivity contribution in [3.05, 3.63) is 102 Å². The van der Waals surface area contributed by atoms with Crippen molar-refractivity contribution in [2.24, 2.45) is 0 Å². The molecule has 0 aliphatic carbocycles. The number of hydrogen-bond acceptors (Lipinski definition) is 14. The highest BCUT2D eigenvalue weighted by molar-refractivity contribution is 6.36. The van der Waals surface area contributed by atoms with Gasteiger partial charge in [-0.1, -0.05) is 97.3 Å². The molecule has 0 aliphatic rings. The Balaban J connectivity index is 1.58. The van der Waals surface area contributed by atoms with Crippen LogP contribution in [-0.2, 0) is 47.7 Å². The Morgan fingerprint density at radius 1 is 0.380 bits per heavy atom. The summed E-state index contributed by atoms with van der Waals surface area (Å²) in [6.45, 7) is 6.54. The Bertz CT molecular complexity index is 2290. The van der Waals surface area contributed by atoms with Crippen molar-refractivity contribution < 1.29 is 66.7 Å². The lowest BCUT2D eigenvalue weighted by atomic mass is 10.00. The predicted octanol–water partition coefficient (Wildman–Crippen LogP) is 14.4. The number of hydrogen-bond donors (Lipinski definition) is 0. The van der Waals surface area contributed by atoms with E-state index in [0.717, 1.165) is 0 Å². The highest BCUT2D eigenvalue weighted by atomic mass is 35.5. The Hall–Kier alpha value is -4.96. The standard InChI is InChI=1S/C51H54Cl6O14/c1-5-10-46(58)64-26-30(27-65-47(59)11-6-2)34-22-42(68-40-18-16-32(52)20-38(40)56)44(24-36(34)54)70-50(62)14-9-15-51(63)71-45-25-37(55)35(23-43(45)69-41-19-17-33(53)21-39(41)57)31(28-66-48(60)12-7-3)29-67-49(61)13-8-4/h16-25,30-31H,5-15,26-29H2,1-4H3. The first-order chi connectivity index (χ1) is 33.9. The third-order valence-corrected chi connectivity index (χ3v) is 11.8. The van der Waals surface area contributed by atoms with E-state index in [1.165, 1.54) is 60.7 Å². The zero-order valence-electron chi connectivity index (χ0n) is 39.5. The lowest BCUT2D eigenvalue weighted by Gasteiger charge is -2.21. The van der Waals surface area contributed by atoms with Crippen molar-refractivity contribution in [1.29, 1.82) is 0 Å². The van der Waals surface area contributed by atoms with Gasteiger partial charge in [-0.2, -0.15) is 0 Å². The quantitative estimate of drug-likeness (QED) is 0.0298. The molecule has 0 unspecified atom stereocenters. The summed E-state index contributed by atoms with van der Waals surface area (Å²) in [6, 6.07) is 14.6. The lowest BCUT2D eigenvalue weighted by Crippen LogP contribution is -2.20. The summed E-state index contributed by atoms with van der Waals surface area (Å²) in [5.41, 5.74) is 0.693. The number of carbonyl (C=O) groups is 6. The third kappa shape index (κ3) is 19.5. The predicted molar refractivity (Wildman–Crippen MR) is 270 cm³/mol. The van der Waals surface area contributed by atoms with Crippen LogP contribution < -0.4 is 18.9 Å². The maximum atomic E-state index is 13.4. The average Bonchev–Trinajstić information content (AvgIpc) is 3.30. The summed E-state index contributed by atoms with van der Waals surface area (Å²) in [6.07, 6.45) is 2.25. The van der Waals surface area contributed by atoms with E-state index in [1.54, 1.807) is 0 Å². The highest BCUT2D eigenvalue weighted by Gasteiger charge is 2.27. The van der Waals surface area contributed by atoms with Crippen molar-refractivity contribution in [3.63, 3.8) is 0 Å². The minimum atomic E-state index is -0.786. The van der Waals surface area contributed by atoms with Crippen molar-refractivity contribution in [1.82, 2.24) is 0 Å². The number of carbonyl (C=O) groups excluding carboxylic acids is 6. The molecule has 384 valence electrons. The first-order valence-electron chi connectivity index (χ1n) is 22.9. The van der Waals surface area contributed by atoms with Crippen molar-refractivity contribution in [2.75, 3.05) is 26.4 Å². The van der Waals surface area contributed by atoms with Gasteiger partial charge in [-0.05, 0) is 91.8 Å². The van der Waals surface area contributed by atoms with E-state index in [0.29, 0.717) is 46.9 Å². The second-order valence-corrected chi connectivity index (χ2v) is 18.4. The summed E-state index contributed by atoms with van der Waals surface area (Å²) in [7, 11) is 0. The van der Waals surface area contributed by atoms with Crippen LogP contribution in [0.15, 0.2) is 60.7 Å². The van der Waals surface area contributed by atoms with Crippen LogP contribution in [0.5, 0.6) is 34.5 Å². The summed E-state index contributed by atoms with van der Waals surface area (Å²) in [5, 5.41) is 1.06. The lowest BCUT2D eigenvalue weighted by molar-refractivity contribution is -0.149. The minimum absolute atomic E-state index is 0.0275. The number of benzene rings is 4. The molecule has 0 amide bonds. The molecule has 0 saturated carbocycles. The molecule has 0 spiro atoms. The molecule has 0 aromatic heterocycles. The molecular formula is C51H54Cl6O14. The van der Waals surface area contributed by atoms with Gasteiger partial charge in [-0.15, -0.1) is 0 Å². The second-order valence-electron chi connectivity index (χ2n) is 15.9. The van der Waals surface area contributed by atoms with Gasteiger partial charge in [0, 0.05) is 70.7 Å². The Morgan fingerprint density at radius 3 is 1.00 bits per heavy atom. The topological polar surface area (TPSA) is 176 Å². The molecule has 0 bridgehead atoms. The van der Waals surface area contributed by atoms with Gasteiger partial charge >= 0.3 is 35.8 Å². The fourth-order valence-corrected chi connectivity index (χ4v) is 7.97. The zero-order valence-corrected chi connectivity index (χ0v) is 44.1.